The highest BCUT2D eigenvalue weighted by molar-refractivity contribution is 6.00. The summed E-state index contributed by atoms with van der Waals surface area (Å²) in [6.07, 6.45) is 1.57. The first-order valence-electron chi connectivity index (χ1n) is 6.56. The lowest BCUT2D eigenvalue weighted by atomic mass is 10.1. The maximum Gasteiger partial charge on any atom is 0.224 e. The van der Waals surface area contributed by atoms with E-state index in [2.05, 4.69) is 10.3 Å². The molecule has 0 spiro atoms. The molecule has 1 aromatic heterocycles. The minimum absolute atomic E-state index is 0.00847. The van der Waals surface area contributed by atoms with Gasteiger partial charge >= 0.3 is 0 Å². The molecule has 0 bridgehead atoms. The van der Waals surface area contributed by atoms with Crippen LogP contribution in [-0.4, -0.2) is 16.7 Å². The zero-order chi connectivity index (χ0) is 15.2. The van der Waals surface area contributed by atoms with Crippen molar-refractivity contribution in [3.8, 4) is 0 Å². The predicted molar refractivity (Wildman–Crippen MR) is 77.6 cm³/mol. The van der Waals surface area contributed by atoms with Crippen molar-refractivity contribution in [2.45, 2.75) is 19.8 Å². The summed E-state index contributed by atoms with van der Waals surface area (Å²) < 4.78 is 13.4. The maximum atomic E-state index is 13.4. The number of nitrogens with zero attached hydrogens (tertiary/aromatic N) is 1. The van der Waals surface area contributed by atoms with Gasteiger partial charge in [-0.25, -0.2) is 4.39 Å². The number of hydrogen-bond acceptors (Lipinski definition) is 3. The van der Waals surface area contributed by atoms with Crippen LogP contribution in [0.5, 0.6) is 0 Å². The number of nitrogens with one attached hydrogen (secondary N) is 1. The lowest BCUT2D eigenvalue weighted by Gasteiger charge is -2.06. The summed E-state index contributed by atoms with van der Waals surface area (Å²) >= 11 is 0. The number of halogens is 1. The fourth-order valence-electron chi connectivity index (χ4n) is 1.90. The largest absolute Gasteiger partial charge is 0.326 e. The summed E-state index contributed by atoms with van der Waals surface area (Å²) in [7, 11) is 0. The molecule has 0 aliphatic rings. The first-order valence-corrected chi connectivity index (χ1v) is 6.56. The zero-order valence-corrected chi connectivity index (χ0v) is 11.6. The maximum absolute atomic E-state index is 13.4. The Morgan fingerprint density at radius 1 is 1.19 bits per heavy atom. The second-order valence-corrected chi connectivity index (χ2v) is 4.64. The summed E-state index contributed by atoms with van der Waals surface area (Å²) in [5.74, 6) is -1.23. The van der Waals surface area contributed by atoms with Crippen LogP contribution in [0.15, 0.2) is 42.6 Å². The number of anilines is 1. The van der Waals surface area contributed by atoms with E-state index in [0.29, 0.717) is 5.69 Å². The van der Waals surface area contributed by atoms with Crippen molar-refractivity contribution in [1.82, 2.24) is 4.98 Å². The molecule has 0 radical (unpaired) electrons. The molecule has 1 aromatic carbocycles. The summed E-state index contributed by atoms with van der Waals surface area (Å²) in [5, 5.41) is 2.68. The molecular weight excluding hydrogens is 271 g/mol. The van der Waals surface area contributed by atoms with Crippen molar-refractivity contribution in [1.29, 1.82) is 0 Å². The van der Waals surface area contributed by atoms with Gasteiger partial charge in [0, 0.05) is 30.4 Å². The van der Waals surface area contributed by atoms with Crippen LogP contribution < -0.4 is 5.32 Å². The van der Waals surface area contributed by atoms with Crippen LogP contribution >= 0.6 is 0 Å². The molecule has 2 aromatic rings. The summed E-state index contributed by atoms with van der Waals surface area (Å²) in [5.41, 5.74) is 1.44. The molecule has 0 atom stereocenters. The third kappa shape index (κ3) is 4.21. The van der Waals surface area contributed by atoms with E-state index in [1.165, 1.54) is 18.2 Å². The monoisotopic (exact) mass is 286 g/mol. The average molecular weight is 286 g/mol. The molecule has 108 valence electrons. The van der Waals surface area contributed by atoms with E-state index in [9.17, 15) is 14.0 Å². The van der Waals surface area contributed by atoms with Crippen LogP contribution in [0.25, 0.3) is 0 Å². The summed E-state index contributed by atoms with van der Waals surface area (Å²) in [6, 6.07) is 9.16. The Hall–Kier alpha value is -2.56. The Kier molecular flexibility index (Phi) is 4.77. The van der Waals surface area contributed by atoms with Gasteiger partial charge in [0.2, 0.25) is 5.91 Å². The van der Waals surface area contributed by atoms with Crippen molar-refractivity contribution < 1.29 is 14.0 Å². The number of carbonyl (C=O) groups excluding carboxylic acids is 2. The van der Waals surface area contributed by atoms with Gasteiger partial charge in [-0.1, -0.05) is 12.1 Å². The lowest BCUT2D eigenvalue weighted by Crippen LogP contribution is -2.14. The molecular formula is C16H15FN2O2. The van der Waals surface area contributed by atoms with E-state index in [1.807, 2.05) is 6.92 Å². The number of hydrogen-bond donors (Lipinski definition) is 1. The zero-order valence-electron chi connectivity index (χ0n) is 11.6. The molecule has 0 aliphatic heterocycles. The lowest BCUT2D eigenvalue weighted by molar-refractivity contribution is -0.116. The average Bonchev–Trinajstić information content (AvgIpc) is 2.45. The van der Waals surface area contributed by atoms with Gasteiger partial charge in [-0.15, -0.1) is 0 Å². The van der Waals surface area contributed by atoms with Gasteiger partial charge in [-0.2, -0.15) is 0 Å². The SMILES string of the molecule is Cc1cc(NC(=O)CCC(=O)c2ccccc2F)ccn1. The van der Waals surface area contributed by atoms with E-state index in [1.54, 1.807) is 24.4 Å². The Morgan fingerprint density at radius 2 is 1.95 bits per heavy atom. The molecule has 0 saturated heterocycles. The van der Waals surface area contributed by atoms with Crippen molar-refractivity contribution in [3.05, 3.63) is 59.7 Å². The number of benzene rings is 1. The summed E-state index contributed by atoms with van der Waals surface area (Å²) in [6.45, 7) is 1.82. The number of ketones is 1. The Bertz CT molecular complexity index is 671. The Morgan fingerprint density at radius 3 is 2.67 bits per heavy atom. The molecule has 1 heterocycles. The first-order chi connectivity index (χ1) is 10.1. The van der Waals surface area contributed by atoms with E-state index >= 15 is 0 Å². The van der Waals surface area contributed by atoms with Crippen LogP contribution in [0.1, 0.15) is 28.9 Å². The van der Waals surface area contributed by atoms with Crippen LogP contribution in [0.4, 0.5) is 10.1 Å². The molecule has 4 nitrogen and oxygen atoms in total. The smallest absolute Gasteiger partial charge is 0.224 e. The van der Waals surface area contributed by atoms with Crippen LogP contribution in [0.3, 0.4) is 0 Å². The molecule has 1 N–H and O–H groups in total. The topological polar surface area (TPSA) is 59.1 Å². The molecule has 1 amide bonds. The van der Waals surface area contributed by atoms with Gasteiger partial charge in [0.05, 0.1) is 5.56 Å². The molecule has 0 aliphatic carbocycles. The second kappa shape index (κ2) is 6.74. The number of amides is 1. The highest BCUT2D eigenvalue weighted by atomic mass is 19.1. The van der Waals surface area contributed by atoms with Gasteiger partial charge in [0.25, 0.3) is 0 Å². The fraction of sp³-hybridized carbons (Fsp3) is 0.188. The fourth-order valence-corrected chi connectivity index (χ4v) is 1.90. The highest BCUT2D eigenvalue weighted by Crippen LogP contribution is 2.12. The van der Waals surface area contributed by atoms with Crippen molar-refractivity contribution in [3.63, 3.8) is 0 Å². The van der Waals surface area contributed by atoms with Crippen molar-refractivity contribution in [2.75, 3.05) is 5.32 Å². The van der Waals surface area contributed by atoms with E-state index in [0.717, 1.165) is 5.69 Å². The molecule has 0 saturated carbocycles. The number of Topliss-reactive ketones (excluding diaryl/α,β-unsaturated/α-hetero) is 1. The van der Waals surface area contributed by atoms with E-state index in [4.69, 9.17) is 0 Å². The molecule has 5 heteroatoms. The third-order valence-electron chi connectivity index (χ3n) is 2.93. The minimum atomic E-state index is -0.562. The van der Waals surface area contributed by atoms with Crippen LogP contribution in [-0.2, 0) is 4.79 Å². The van der Waals surface area contributed by atoms with Gasteiger partial charge in [-0.3, -0.25) is 14.6 Å². The number of rotatable bonds is 5. The van der Waals surface area contributed by atoms with Gasteiger partial charge < -0.3 is 5.32 Å². The summed E-state index contributed by atoms with van der Waals surface area (Å²) in [4.78, 5) is 27.6. The van der Waals surface area contributed by atoms with Crippen molar-refractivity contribution in [2.24, 2.45) is 0 Å². The van der Waals surface area contributed by atoms with Gasteiger partial charge in [-0.05, 0) is 31.2 Å². The second-order valence-electron chi connectivity index (χ2n) is 4.64. The molecule has 2 rings (SSSR count). The van der Waals surface area contributed by atoms with Crippen LogP contribution in [0.2, 0.25) is 0 Å². The third-order valence-corrected chi connectivity index (χ3v) is 2.93. The standard InChI is InChI=1S/C16H15FN2O2/c1-11-10-12(8-9-18-11)19-16(21)7-6-15(20)13-4-2-3-5-14(13)17/h2-5,8-10H,6-7H2,1H3,(H,18,19,21). The minimum Gasteiger partial charge on any atom is -0.326 e. The molecule has 0 unspecified atom stereocenters. The Balaban J connectivity index is 1.90. The predicted octanol–water partition coefficient (Wildman–Crippen LogP) is 3.13. The van der Waals surface area contributed by atoms with E-state index < -0.39 is 5.82 Å². The number of aryl methyl sites for hydroxylation is 1. The quantitative estimate of drug-likeness (QED) is 0.859. The highest BCUT2D eigenvalue weighted by Gasteiger charge is 2.13. The van der Waals surface area contributed by atoms with Crippen molar-refractivity contribution >= 4 is 17.4 Å². The number of aromatic nitrogens is 1. The number of pyridine rings is 1. The Labute approximate surface area is 122 Å². The molecule has 21 heavy (non-hydrogen) atoms. The van der Waals surface area contributed by atoms with Gasteiger partial charge in [0.1, 0.15) is 5.82 Å². The van der Waals surface area contributed by atoms with E-state index in [-0.39, 0.29) is 30.1 Å². The first kappa shape index (κ1) is 14.8. The number of carbonyl (C=O) groups is 2. The molecule has 0 fully saturated rings. The van der Waals surface area contributed by atoms with Crippen LogP contribution in [0, 0.1) is 12.7 Å². The van der Waals surface area contributed by atoms with Gasteiger partial charge in [0.15, 0.2) is 5.78 Å². The normalized spacial score (nSPS) is 10.2.